The molecular weight excluding hydrogens is 319 g/mol. The molecule has 0 aliphatic heterocycles. The maximum atomic E-state index is 13.5. The molecule has 5 heteroatoms. The van der Waals surface area contributed by atoms with E-state index in [0.29, 0.717) is 10.0 Å². The number of benzene rings is 2. The molecule has 0 amide bonds. The molecule has 19 heavy (non-hydrogen) atoms. The number of halogens is 4. The van der Waals surface area contributed by atoms with Crippen molar-refractivity contribution < 1.29 is 13.2 Å². The lowest BCUT2D eigenvalue weighted by atomic mass is 9.99. The normalized spacial score (nSPS) is 12.5. The standard InChI is InChI=1S/C14H11BrF3N/c15-12-3-1-10(17)7-11(12)14(19)6-8-5-9(16)2-4-13(8)18/h1-5,7,14H,6,19H2. The highest BCUT2D eigenvalue weighted by molar-refractivity contribution is 9.10. The van der Waals surface area contributed by atoms with Gasteiger partial charge in [-0.15, -0.1) is 0 Å². The van der Waals surface area contributed by atoms with Crippen LogP contribution in [-0.2, 0) is 6.42 Å². The first kappa shape index (κ1) is 14.1. The summed E-state index contributed by atoms with van der Waals surface area (Å²) >= 11 is 3.26. The predicted molar refractivity (Wildman–Crippen MR) is 71.1 cm³/mol. The van der Waals surface area contributed by atoms with Crippen molar-refractivity contribution in [2.75, 3.05) is 0 Å². The second-order valence-corrected chi connectivity index (χ2v) is 5.07. The van der Waals surface area contributed by atoms with Crippen molar-refractivity contribution in [1.82, 2.24) is 0 Å². The maximum absolute atomic E-state index is 13.5. The highest BCUT2D eigenvalue weighted by Gasteiger charge is 2.14. The highest BCUT2D eigenvalue weighted by atomic mass is 79.9. The summed E-state index contributed by atoms with van der Waals surface area (Å²) in [6, 6.07) is 6.69. The molecule has 2 aromatic rings. The minimum atomic E-state index is -0.624. The summed E-state index contributed by atoms with van der Waals surface area (Å²) in [6.07, 6.45) is 0.0889. The quantitative estimate of drug-likeness (QED) is 0.901. The van der Waals surface area contributed by atoms with Gasteiger partial charge in [-0.1, -0.05) is 15.9 Å². The van der Waals surface area contributed by atoms with Gasteiger partial charge in [-0.2, -0.15) is 0 Å². The van der Waals surface area contributed by atoms with Crippen molar-refractivity contribution in [3.63, 3.8) is 0 Å². The SMILES string of the molecule is NC(Cc1cc(F)ccc1F)c1cc(F)ccc1Br. The van der Waals surface area contributed by atoms with Crippen molar-refractivity contribution in [2.24, 2.45) is 5.73 Å². The molecule has 1 unspecified atom stereocenters. The van der Waals surface area contributed by atoms with Crippen LogP contribution in [0.15, 0.2) is 40.9 Å². The van der Waals surface area contributed by atoms with Crippen molar-refractivity contribution in [1.29, 1.82) is 0 Å². The Kier molecular flexibility index (Phi) is 4.27. The van der Waals surface area contributed by atoms with Gasteiger partial charge in [0.25, 0.3) is 0 Å². The van der Waals surface area contributed by atoms with Crippen LogP contribution in [0.4, 0.5) is 13.2 Å². The molecule has 0 radical (unpaired) electrons. The third-order valence-electron chi connectivity index (χ3n) is 2.81. The van der Waals surface area contributed by atoms with Crippen LogP contribution in [0.5, 0.6) is 0 Å². The minimum absolute atomic E-state index is 0.0889. The van der Waals surface area contributed by atoms with E-state index in [1.54, 1.807) is 0 Å². The molecule has 0 heterocycles. The zero-order valence-corrected chi connectivity index (χ0v) is 11.4. The molecule has 0 saturated heterocycles. The van der Waals surface area contributed by atoms with Crippen LogP contribution in [0, 0.1) is 17.5 Å². The van der Waals surface area contributed by atoms with E-state index in [0.717, 1.165) is 18.2 Å². The van der Waals surface area contributed by atoms with Gasteiger partial charge in [0, 0.05) is 10.5 Å². The molecule has 0 aliphatic rings. The van der Waals surface area contributed by atoms with Crippen LogP contribution in [0.2, 0.25) is 0 Å². The van der Waals surface area contributed by atoms with Crippen molar-refractivity contribution in [3.05, 3.63) is 69.4 Å². The monoisotopic (exact) mass is 329 g/mol. The topological polar surface area (TPSA) is 26.0 Å². The molecule has 1 atom stereocenters. The first-order valence-corrected chi connectivity index (χ1v) is 6.41. The van der Waals surface area contributed by atoms with Crippen LogP contribution in [0.3, 0.4) is 0 Å². The fourth-order valence-electron chi connectivity index (χ4n) is 1.85. The van der Waals surface area contributed by atoms with Gasteiger partial charge in [0.15, 0.2) is 0 Å². The van der Waals surface area contributed by atoms with Crippen LogP contribution in [-0.4, -0.2) is 0 Å². The first-order chi connectivity index (χ1) is 8.97. The lowest BCUT2D eigenvalue weighted by Crippen LogP contribution is -2.15. The average molecular weight is 330 g/mol. The van der Waals surface area contributed by atoms with E-state index in [4.69, 9.17) is 5.73 Å². The summed E-state index contributed by atoms with van der Waals surface area (Å²) in [4.78, 5) is 0. The van der Waals surface area contributed by atoms with Gasteiger partial charge in [-0.05, 0) is 53.9 Å². The van der Waals surface area contributed by atoms with E-state index in [1.807, 2.05) is 0 Å². The lowest BCUT2D eigenvalue weighted by Gasteiger charge is -2.14. The average Bonchev–Trinajstić information content (AvgIpc) is 2.36. The molecule has 0 bridgehead atoms. The van der Waals surface area contributed by atoms with Crippen molar-refractivity contribution in [3.8, 4) is 0 Å². The first-order valence-electron chi connectivity index (χ1n) is 5.62. The third-order valence-corrected chi connectivity index (χ3v) is 3.53. The van der Waals surface area contributed by atoms with Gasteiger partial charge in [-0.3, -0.25) is 0 Å². The van der Waals surface area contributed by atoms with Crippen LogP contribution < -0.4 is 5.73 Å². The van der Waals surface area contributed by atoms with Crippen LogP contribution in [0.1, 0.15) is 17.2 Å². The predicted octanol–water partition coefficient (Wildman–Crippen LogP) is 4.11. The molecule has 0 aromatic heterocycles. The van der Waals surface area contributed by atoms with E-state index in [-0.39, 0.29) is 12.0 Å². The third kappa shape index (κ3) is 3.36. The van der Waals surface area contributed by atoms with E-state index < -0.39 is 23.5 Å². The molecule has 2 rings (SSSR count). The number of rotatable bonds is 3. The second kappa shape index (κ2) is 5.75. The van der Waals surface area contributed by atoms with Crippen molar-refractivity contribution in [2.45, 2.75) is 12.5 Å². The minimum Gasteiger partial charge on any atom is -0.324 e. The Morgan fingerprint density at radius 1 is 1.00 bits per heavy atom. The molecular formula is C14H11BrF3N. The van der Waals surface area contributed by atoms with Crippen LogP contribution in [0.25, 0.3) is 0 Å². The van der Waals surface area contributed by atoms with E-state index >= 15 is 0 Å². The van der Waals surface area contributed by atoms with Crippen molar-refractivity contribution >= 4 is 15.9 Å². The Balaban J connectivity index is 2.27. The molecule has 2 N–H and O–H groups in total. The number of hydrogen-bond acceptors (Lipinski definition) is 1. The maximum Gasteiger partial charge on any atom is 0.126 e. The molecule has 1 nitrogen and oxygen atoms in total. The lowest BCUT2D eigenvalue weighted by molar-refractivity contribution is 0.570. The largest absolute Gasteiger partial charge is 0.324 e. The molecule has 0 fully saturated rings. The molecule has 100 valence electrons. The van der Waals surface area contributed by atoms with Gasteiger partial charge >= 0.3 is 0 Å². The van der Waals surface area contributed by atoms with E-state index in [2.05, 4.69) is 15.9 Å². The zero-order valence-electron chi connectivity index (χ0n) is 9.84. The Labute approximate surface area is 117 Å². The second-order valence-electron chi connectivity index (χ2n) is 4.21. The van der Waals surface area contributed by atoms with Gasteiger partial charge in [0.1, 0.15) is 17.5 Å². The fraction of sp³-hybridized carbons (Fsp3) is 0.143. The van der Waals surface area contributed by atoms with Gasteiger partial charge < -0.3 is 5.73 Å². The number of nitrogens with two attached hydrogens (primary N) is 1. The molecule has 0 aliphatic carbocycles. The fourth-order valence-corrected chi connectivity index (χ4v) is 2.39. The summed E-state index contributed by atoms with van der Waals surface area (Å²) in [5, 5.41) is 0. The summed E-state index contributed by atoms with van der Waals surface area (Å²) in [7, 11) is 0. The summed E-state index contributed by atoms with van der Waals surface area (Å²) < 4.78 is 40.4. The smallest absolute Gasteiger partial charge is 0.126 e. The highest BCUT2D eigenvalue weighted by Crippen LogP contribution is 2.26. The van der Waals surface area contributed by atoms with Gasteiger partial charge in [-0.25, -0.2) is 13.2 Å². The summed E-state index contributed by atoms with van der Waals surface area (Å²) in [5.74, 6) is -1.47. The molecule has 0 spiro atoms. The van der Waals surface area contributed by atoms with Crippen LogP contribution >= 0.6 is 15.9 Å². The van der Waals surface area contributed by atoms with E-state index in [1.165, 1.54) is 18.2 Å². The summed E-state index contributed by atoms with van der Waals surface area (Å²) in [6.45, 7) is 0. The summed E-state index contributed by atoms with van der Waals surface area (Å²) in [5.41, 5.74) is 6.62. The van der Waals surface area contributed by atoms with Gasteiger partial charge in [0.2, 0.25) is 0 Å². The molecule has 0 saturated carbocycles. The van der Waals surface area contributed by atoms with E-state index in [9.17, 15) is 13.2 Å². The Bertz CT molecular complexity index is 601. The Hall–Kier alpha value is -1.33. The Morgan fingerprint density at radius 2 is 1.63 bits per heavy atom. The zero-order chi connectivity index (χ0) is 14.0. The number of hydrogen-bond donors (Lipinski definition) is 1. The Morgan fingerprint density at radius 3 is 2.37 bits per heavy atom. The molecule has 2 aromatic carbocycles. The van der Waals surface area contributed by atoms with Gasteiger partial charge in [0.05, 0.1) is 0 Å².